The summed E-state index contributed by atoms with van der Waals surface area (Å²) >= 11 is 1.39. The Bertz CT molecular complexity index is 852. The molecule has 0 aliphatic heterocycles. The maximum atomic E-state index is 10.6. The van der Waals surface area contributed by atoms with Gasteiger partial charge in [0.25, 0.3) is 5.69 Å². The minimum atomic E-state index is -0.428. The van der Waals surface area contributed by atoms with E-state index in [2.05, 4.69) is 15.5 Å². The maximum absolute atomic E-state index is 10.6. The van der Waals surface area contributed by atoms with Gasteiger partial charge in [-0.05, 0) is 31.2 Å². The van der Waals surface area contributed by atoms with Crippen LogP contribution >= 0.6 is 11.3 Å². The fourth-order valence-corrected chi connectivity index (χ4v) is 2.55. The minimum Gasteiger partial charge on any atom is -0.460 e. The Labute approximate surface area is 135 Å². The van der Waals surface area contributed by atoms with Gasteiger partial charge in [0, 0.05) is 23.1 Å². The van der Waals surface area contributed by atoms with Gasteiger partial charge in [-0.2, -0.15) is 5.10 Å². The molecular weight excluding hydrogens is 316 g/mol. The monoisotopic (exact) mass is 328 g/mol. The first-order valence-electron chi connectivity index (χ1n) is 6.68. The van der Waals surface area contributed by atoms with Crippen LogP contribution in [0.1, 0.15) is 11.5 Å². The molecule has 8 heteroatoms. The first kappa shape index (κ1) is 14.9. The van der Waals surface area contributed by atoms with Crippen LogP contribution in [0.4, 0.5) is 10.8 Å². The van der Waals surface area contributed by atoms with E-state index in [0.717, 1.165) is 17.0 Å². The van der Waals surface area contributed by atoms with Gasteiger partial charge in [0.1, 0.15) is 11.5 Å². The Morgan fingerprint density at radius 2 is 2.09 bits per heavy atom. The van der Waals surface area contributed by atoms with Crippen LogP contribution in [0.5, 0.6) is 0 Å². The summed E-state index contributed by atoms with van der Waals surface area (Å²) in [5, 5.41) is 17.2. The van der Waals surface area contributed by atoms with Crippen molar-refractivity contribution in [1.82, 2.24) is 4.98 Å². The predicted octanol–water partition coefficient (Wildman–Crippen LogP) is 4.07. The van der Waals surface area contributed by atoms with Crippen LogP contribution in [-0.4, -0.2) is 16.1 Å². The number of furan rings is 1. The molecule has 1 N–H and O–H groups in total. The summed E-state index contributed by atoms with van der Waals surface area (Å²) in [6.45, 7) is 1.86. The second kappa shape index (κ2) is 6.41. The summed E-state index contributed by atoms with van der Waals surface area (Å²) in [4.78, 5) is 14.6. The van der Waals surface area contributed by atoms with E-state index in [4.69, 9.17) is 4.42 Å². The number of nitrogens with one attached hydrogen (secondary N) is 1. The molecule has 23 heavy (non-hydrogen) atoms. The Hall–Kier alpha value is -3.00. The van der Waals surface area contributed by atoms with Crippen molar-refractivity contribution < 1.29 is 9.34 Å². The number of hydrazone groups is 1. The summed E-state index contributed by atoms with van der Waals surface area (Å²) in [7, 11) is 0. The third-order valence-electron chi connectivity index (χ3n) is 2.99. The molecule has 0 unspecified atom stereocenters. The number of aryl methyl sites for hydroxylation is 1. The summed E-state index contributed by atoms with van der Waals surface area (Å²) < 4.78 is 5.37. The third-order valence-corrected chi connectivity index (χ3v) is 3.74. The number of rotatable bonds is 5. The lowest BCUT2D eigenvalue weighted by Crippen LogP contribution is -1.89. The highest BCUT2D eigenvalue weighted by Gasteiger charge is 2.08. The topological polar surface area (TPSA) is 93.6 Å². The quantitative estimate of drug-likeness (QED) is 0.433. The SMILES string of the molecule is Cc1ccc(C=NNc2nc(-c3ccc([N+](=O)[O-])cc3)cs2)o1. The molecule has 3 rings (SSSR count). The van der Waals surface area contributed by atoms with Crippen LogP contribution in [0, 0.1) is 17.0 Å². The number of thiazole rings is 1. The van der Waals surface area contributed by atoms with E-state index in [-0.39, 0.29) is 5.69 Å². The van der Waals surface area contributed by atoms with Crippen molar-refractivity contribution in [2.75, 3.05) is 5.43 Å². The van der Waals surface area contributed by atoms with E-state index < -0.39 is 4.92 Å². The molecule has 2 heterocycles. The lowest BCUT2D eigenvalue weighted by Gasteiger charge is -1.96. The lowest BCUT2D eigenvalue weighted by atomic mass is 10.1. The summed E-state index contributed by atoms with van der Waals surface area (Å²) in [6.07, 6.45) is 1.57. The Morgan fingerprint density at radius 1 is 1.30 bits per heavy atom. The van der Waals surface area contributed by atoms with Crippen LogP contribution in [0.25, 0.3) is 11.3 Å². The van der Waals surface area contributed by atoms with Gasteiger partial charge >= 0.3 is 0 Å². The molecule has 0 fully saturated rings. The largest absolute Gasteiger partial charge is 0.460 e. The average Bonchev–Trinajstić information content (AvgIpc) is 3.17. The zero-order valence-corrected chi connectivity index (χ0v) is 12.9. The Balaban J connectivity index is 1.68. The van der Waals surface area contributed by atoms with Gasteiger partial charge in [-0.15, -0.1) is 11.3 Å². The first-order chi connectivity index (χ1) is 11.1. The number of hydrogen-bond acceptors (Lipinski definition) is 7. The molecule has 116 valence electrons. The second-order valence-corrected chi connectivity index (χ2v) is 5.52. The first-order valence-corrected chi connectivity index (χ1v) is 7.55. The van der Waals surface area contributed by atoms with Crippen molar-refractivity contribution >= 4 is 28.4 Å². The van der Waals surface area contributed by atoms with E-state index in [0.29, 0.717) is 10.9 Å². The minimum absolute atomic E-state index is 0.0562. The van der Waals surface area contributed by atoms with E-state index in [1.54, 1.807) is 18.3 Å². The second-order valence-electron chi connectivity index (χ2n) is 4.66. The van der Waals surface area contributed by atoms with Gasteiger partial charge in [0.2, 0.25) is 5.13 Å². The zero-order chi connectivity index (χ0) is 16.2. The highest BCUT2D eigenvalue weighted by atomic mass is 32.1. The molecule has 1 aromatic carbocycles. The number of non-ortho nitro benzene ring substituents is 1. The highest BCUT2D eigenvalue weighted by molar-refractivity contribution is 7.14. The van der Waals surface area contributed by atoms with E-state index >= 15 is 0 Å². The normalized spacial score (nSPS) is 11.0. The van der Waals surface area contributed by atoms with Crippen LogP contribution < -0.4 is 5.43 Å². The van der Waals surface area contributed by atoms with Gasteiger partial charge in [0.05, 0.1) is 16.8 Å². The summed E-state index contributed by atoms with van der Waals surface area (Å²) in [5.74, 6) is 1.48. The van der Waals surface area contributed by atoms with Gasteiger partial charge in [-0.3, -0.25) is 15.5 Å². The number of nitro benzene ring substituents is 1. The molecular formula is C15H12N4O3S. The number of nitro groups is 1. The van der Waals surface area contributed by atoms with Crippen LogP contribution in [0.2, 0.25) is 0 Å². The van der Waals surface area contributed by atoms with Gasteiger partial charge in [0.15, 0.2) is 0 Å². The number of hydrogen-bond donors (Lipinski definition) is 1. The molecule has 0 aliphatic carbocycles. The molecule has 7 nitrogen and oxygen atoms in total. The molecule has 3 aromatic rings. The highest BCUT2D eigenvalue weighted by Crippen LogP contribution is 2.26. The van der Waals surface area contributed by atoms with Gasteiger partial charge < -0.3 is 4.42 Å². The van der Waals surface area contributed by atoms with Gasteiger partial charge in [-0.1, -0.05) is 0 Å². The summed E-state index contributed by atoms with van der Waals surface area (Å²) in [5.41, 5.74) is 4.43. The smallest absolute Gasteiger partial charge is 0.269 e. The van der Waals surface area contributed by atoms with Crippen molar-refractivity contribution in [2.24, 2.45) is 5.10 Å². The van der Waals surface area contributed by atoms with Crippen LogP contribution in [0.3, 0.4) is 0 Å². The molecule has 0 spiro atoms. The fourth-order valence-electron chi connectivity index (χ4n) is 1.89. The molecule has 0 saturated heterocycles. The third kappa shape index (κ3) is 3.61. The van der Waals surface area contributed by atoms with Crippen molar-refractivity contribution in [3.63, 3.8) is 0 Å². The fraction of sp³-hybridized carbons (Fsp3) is 0.0667. The van der Waals surface area contributed by atoms with Crippen molar-refractivity contribution in [3.05, 3.63) is 63.4 Å². The van der Waals surface area contributed by atoms with E-state index in [9.17, 15) is 10.1 Å². The van der Waals surface area contributed by atoms with E-state index in [1.807, 2.05) is 24.4 Å². The van der Waals surface area contributed by atoms with Crippen molar-refractivity contribution in [3.8, 4) is 11.3 Å². The molecule has 0 radical (unpaired) electrons. The van der Waals surface area contributed by atoms with Crippen molar-refractivity contribution in [2.45, 2.75) is 6.92 Å². The van der Waals surface area contributed by atoms with Crippen LogP contribution in [-0.2, 0) is 0 Å². The zero-order valence-electron chi connectivity index (χ0n) is 12.1. The lowest BCUT2D eigenvalue weighted by molar-refractivity contribution is -0.384. The van der Waals surface area contributed by atoms with Gasteiger partial charge in [-0.25, -0.2) is 4.98 Å². The molecule has 0 saturated carbocycles. The Morgan fingerprint density at radius 3 is 2.74 bits per heavy atom. The predicted molar refractivity (Wildman–Crippen MR) is 88.9 cm³/mol. The van der Waals surface area contributed by atoms with E-state index in [1.165, 1.54) is 23.5 Å². The summed E-state index contributed by atoms with van der Waals surface area (Å²) in [6, 6.07) is 9.94. The molecule has 0 aliphatic rings. The number of anilines is 1. The number of benzene rings is 1. The maximum Gasteiger partial charge on any atom is 0.269 e. The molecule has 2 aromatic heterocycles. The standard InChI is InChI=1S/C15H12N4O3S/c1-10-2-7-13(22-10)8-16-18-15-17-14(9-23-15)11-3-5-12(6-4-11)19(20)21/h2-9H,1H3,(H,17,18). The number of aromatic nitrogens is 1. The van der Waals surface area contributed by atoms with Crippen LogP contribution in [0.15, 0.2) is 51.3 Å². The Kier molecular flexibility index (Phi) is 4.15. The van der Waals surface area contributed by atoms with Crippen molar-refractivity contribution in [1.29, 1.82) is 0 Å². The molecule has 0 atom stereocenters. The molecule has 0 bridgehead atoms. The average molecular weight is 328 g/mol. The number of nitrogens with zero attached hydrogens (tertiary/aromatic N) is 3. The molecule has 0 amide bonds.